The average Bonchev–Trinajstić information content (AvgIpc) is 2.68. The molecule has 2 heterocycles. The van der Waals surface area contributed by atoms with Crippen molar-refractivity contribution >= 4 is 17.4 Å². The molecule has 1 aliphatic heterocycles. The van der Waals surface area contributed by atoms with Crippen molar-refractivity contribution < 1.29 is 22.7 Å². The molecule has 2 aromatic rings. The van der Waals surface area contributed by atoms with Crippen LogP contribution in [0.15, 0.2) is 30.5 Å². The molecule has 0 saturated carbocycles. The van der Waals surface area contributed by atoms with Gasteiger partial charge in [-0.3, -0.25) is 9.69 Å². The highest BCUT2D eigenvalue weighted by Crippen LogP contribution is 2.17. The molecule has 0 bridgehead atoms. The molecule has 1 fully saturated rings. The van der Waals surface area contributed by atoms with E-state index in [-0.39, 0.29) is 0 Å². The molecule has 27 heavy (non-hydrogen) atoms. The van der Waals surface area contributed by atoms with E-state index in [1.165, 1.54) is 6.20 Å². The number of halogens is 3. The van der Waals surface area contributed by atoms with Crippen molar-refractivity contribution in [2.24, 2.45) is 0 Å². The predicted molar refractivity (Wildman–Crippen MR) is 94.3 cm³/mol. The highest BCUT2D eigenvalue weighted by molar-refractivity contribution is 6.04. The number of aromatic nitrogens is 1. The van der Waals surface area contributed by atoms with Gasteiger partial charge in [-0.15, -0.1) is 0 Å². The predicted octanol–water partition coefficient (Wildman–Crippen LogP) is 2.50. The number of pyridine rings is 1. The largest absolute Gasteiger partial charge is 0.379 e. The summed E-state index contributed by atoms with van der Waals surface area (Å²) in [6, 6.07) is 4.83. The van der Waals surface area contributed by atoms with E-state index in [9.17, 15) is 18.0 Å². The first-order valence-electron chi connectivity index (χ1n) is 8.49. The molecule has 1 aromatic carbocycles. The maximum absolute atomic E-state index is 13.7. The number of anilines is 2. The van der Waals surface area contributed by atoms with Gasteiger partial charge in [0.05, 0.1) is 30.7 Å². The number of carbonyl (C=O) groups is 1. The van der Waals surface area contributed by atoms with E-state index in [0.717, 1.165) is 38.9 Å². The number of morpholine rings is 1. The van der Waals surface area contributed by atoms with Crippen LogP contribution < -0.4 is 10.6 Å². The van der Waals surface area contributed by atoms with Crippen LogP contribution in [0.4, 0.5) is 24.7 Å². The Morgan fingerprint density at radius 3 is 2.59 bits per heavy atom. The highest BCUT2D eigenvalue weighted by Gasteiger charge is 2.19. The van der Waals surface area contributed by atoms with Crippen LogP contribution in [0, 0.1) is 17.5 Å². The Kier molecular flexibility index (Phi) is 6.25. The fourth-order valence-corrected chi connectivity index (χ4v) is 2.64. The van der Waals surface area contributed by atoms with Gasteiger partial charge < -0.3 is 15.4 Å². The van der Waals surface area contributed by atoms with Gasteiger partial charge in [0.1, 0.15) is 5.82 Å². The van der Waals surface area contributed by atoms with Gasteiger partial charge in [0, 0.05) is 26.2 Å². The second kappa shape index (κ2) is 8.83. The summed E-state index contributed by atoms with van der Waals surface area (Å²) in [7, 11) is 0. The minimum Gasteiger partial charge on any atom is -0.379 e. The summed E-state index contributed by atoms with van der Waals surface area (Å²) in [5.74, 6) is -4.82. The van der Waals surface area contributed by atoms with Gasteiger partial charge in [-0.1, -0.05) is 0 Å². The first kappa shape index (κ1) is 19.1. The maximum Gasteiger partial charge on any atom is 0.258 e. The Bertz CT molecular complexity index is 796. The lowest BCUT2D eigenvalue weighted by Crippen LogP contribution is -2.39. The minimum absolute atomic E-state index is 0.308. The van der Waals surface area contributed by atoms with Gasteiger partial charge in [0.25, 0.3) is 5.91 Å². The molecule has 0 aliphatic carbocycles. The number of hydrogen-bond acceptors (Lipinski definition) is 5. The first-order valence-corrected chi connectivity index (χ1v) is 8.49. The molecule has 0 unspecified atom stereocenters. The molecule has 0 radical (unpaired) electrons. The van der Waals surface area contributed by atoms with Crippen LogP contribution in [0.5, 0.6) is 0 Å². The average molecular weight is 380 g/mol. The van der Waals surface area contributed by atoms with Crippen LogP contribution in [0.1, 0.15) is 10.4 Å². The Balaban J connectivity index is 1.52. The third-order valence-electron chi connectivity index (χ3n) is 4.14. The summed E-state index contributed by atoms with van der Waals surface area (Å²) in [5, 5.41) is 5.57. The zero-order valence-electron chi connectivity index (χ0n) is 14.5. The topological polar surface area (TPSA) is 66.5 Å². The molecular formula is C18H19F3N4O2. The van der Waals surface area contributed by atoms with E-state index < -0.39 is 28.9 Å². The third kappa shape index (κ3) is 4.95. The van der Waals surface area contributed by atoms with Crippen molar-refractivity contribution in [2.75, 3.05) is 50.0 Å². The monoisotopic (exact) mass is 380 g/mol. The molecular weight excluding hydrogens is 361 g/mol. The van der Waals surface area contributed by atoms with Crippen molar-refractivity contribution in [1.82, 2.24) is 9.88 Å². The molecule has 0 spiro atoms. The lowest BCUT2D eigenvalue weighted by molar-refractivity contribution is 0.0398. The zero-order valence-corrected chi connectivity index (χ0v) is 14.5. The van der Waals surface area contributed by atoms with E-state index >= 15 is 0 Å². The van der Waals surface area contributed by atoms with Crippen molar-refractivity contribution in [3.63, 3.8) is 0 Å². The van der Waals surface area contributed by atoms with Crippen molar-refractivity contribution in [3.05, 3.63) is 53.5 Å². The summed E-state index contributed by atoms with van der Waals surface area (Å²) in [4.78, 5) is 18.5. The number of nitrogens with zero attached hydrogens (tertiary/aromatic N) is 2. The van der Waals surface area contributed by atoms with E-state index in [0.29, 0.717) is 24.1 Å². The molecule has 2 N–H and O–H groups in total. The number of benzene rings is 1. The number of nitrogens with one attached hydrogen (secondary N) is 2. The molecule has 0 atom stereocenters. The smallest absolute Gasteiger partial charge is 0.258 e. The van der Waals surface area contributed by atoms with Crippen LogP contribution in [-0.4, -0.2) is 55.2 Å². The SMILES string of the molecule is O=C(Nc1ccc(NCCN2CCOCC2)nc1)c1ccc(F)c(F)c1F. The molecule has 1 aromatic heterocycles. The highest BCUT2D eigenvalue weighted by atomic mass is 19.2. The molecule has 1 saturated heterocycles. The van der Waals surface area contributed by atoms with E-state index in [4.69, 9.17) is 4.74 Å². The number of hydrogen-bond donors (Lipinski definition) is 2. The summed E-state index contributed by atoms with van der Waals surface area (Å²) in [6.45, 7) is 4.86. The third-order valence-corrected chi connectivity index (χ3v) is 4.14. The van der Waals surface area contributed by atoms with Gasteiger partial charge in [0.15, 0.2) is 17.5 Å². The Labute approximate surface area is 154 Å². The van der Waals surface area contributed by atoms with Crippen LogP contribution in [0.3, 0.4) is 0 Å². The lowest BCUT2D eigenvalue weighted by atomic mass is 10.2. The van der Waals surface area contributed by atoms with Gasteiger partial charge in [0.2, 0.25) is 0 Å². The van der Waals surface area contributed by atoms with E-state index in [2.05, 4.69) is 20.5 Å². The van der Waals surface area contributed by atoms with Crippen LogP contribution >= 0.6 is 0 Å². The van der Waals surface area contributed by atoms with Crippen molar-refractivity contribution in [3.8, 4) is 0 Å². The number of ether oxygens (including phenoxy) is 1. The Hall–Kier alpha value is -2.65. The van der Waals surface area contributed by atoms with Crippen LogP contribution in [0.25, 0.3) is 0 Å². The van der Waals surface area contributed by atoms with Gasteiger partial charge in [-0.2, -0.15) is 0 Å². The fourth-order valence-electron chi connectivity index (χ4n) is 2.64. The van der Waals surface area contributed by atoms with Gasteiger partial charge >= 0.3 is 0 Å². The molecule has 9 heteroatoms. The Morgan fingerprint density at radius 1 is 1.11 bits per heavy atom. The summed E-state index contributed by atoms with van der Waals surface area (Å²) in [6.07, 6.45) is 1.40. The normalized spacial score (nSPS) is 14.8. The number of carbonyl (C=O) groups excluding carboxylic acids is 1. The summed E-state index contributed by atoms with van der Waals surface area (Å²) >= 11 is 0. The molecule has 6 nitrogen and oxygen atoms in total. The molecule has 1 amide bonds. The standard InChI is InChI=1S/C18H19F3N4O2/c19-14-3-2-13(16(20)17(14)21)18(26)24-12-1-4-15(23-11-12)22-5-6-25-7-9-27-10-8-25/h1-4,11H,5-10H2,(H,22,23)(H,24,26). The summed E-state index contributed by atoms with van der Waals surface area (Å²) in [5.41, 5.74) is -0.274. The second-order valence-corrected chi connectivity index (χ2v) is 5.99. The van der Waals surface area contributed by atoms with Crippen molar-refractivity contribution in [1.29, 1.82) is 0 Å². The number of rotatable bonds is 6. The van der Waals surface area contributed by atoms with Crippen molar-refractivity contribution in [2.45, 2.75) is 0 Å². The second-order valence-electron chi connectivity index (χ2n) is 5.99. The molecule has 1 aliphatic rings. The Morgan fingerprint density at radius 2 is 1.89 bits per heavy atom. The fraction of sp³-hybridized carbons (Fsp3) is 0.333. The van der Waals surface area contributed by atoms with Crippen LogP contribution in [-0.2, 0) is 4.74 Å². The first-order chi connectivity index (χ1) is 13.0. The van der Waals surface area contributed by atoms with E-state index in [1.807, 2.05) is 0 Å². The minimum atomic E-state index is -1.68. The molecule has 3 rings (SSSR count). The van der Waals surface area contributed by atoms with Gasteiger partial charge in [-0.25, -0.2) is 18.2 Å². The quantitative estimate of drug-likeness (QED) is 0.754. The number of amides is 1. The van der Waals surface area contributed by atoms with Gasteiger partial charge in [-0.05, 0) is 24.3 Å². The maximum atomic E-state index is 13.7. The zero-order chi connectivity index (χ0) is 19.2. The molecule has 144 valence electrons. The lowest BCUT2D eigenvalue weighted by Gasteiger charge is -2.26. The summed E-state index contributed by atoms with van der Waals surface area (Å²) < 4.78 is 45.1. The van der Waals surface area contributed by atoms with E-state index in [1.54, 1.807) is 12.1 Å². The van der Waals surface area contributed by atoms with Crippen LogP contribution in [0.2, 0.25) is 0 Å².